The first kappa shape index (κ1) is 12.6. The van der Waals surface area contributed by atoms with Crippen LogP contribution in [0.4, 0.5) is 0 Å². The van der Waals surface area contributed by atoms with Crippen molar-refractivity contribution >= 4 is 26.6 Å². The van der Waals surface area contributed by atoms with Gasteiger partial charge in [0, 0.05) is 12.8 Å². The Bertz CT molecular complexity index is 168. The van der Waals surface area contributed by atoms with Gasteiger partial charge in [-0.2, -0.15) is 0 Å². The molecule has 0 rings (SSSR count). The smallest absolute Gasteiger partial charge is 0.305 e. The lowest BCUT2D eigenvalue weighted by Crippen LogP contribution is -2.03. The number of rotatable bonds is 7. The van der Waals surface area contributed by atoms with E-state index in [4.69, 9.17) is 4.74 Å². The molecule has 0 aromatic carbocycles. The standard InChI is InChI=1S/C9H15BrO3/c1-2-13-9(12)7-5-3-4-6-8(10)11/h2-7H2,1H3. The normalized spacial score (nSPS) is 9.69. The summed E-state index contributed by atoms with van der Waals surface area (Å²) in [5, 5.41) is 0. The van der Waals surface area contributed by atoms with E-state index < -0.39 is 0 Å². The van der Waals surface area contributed by atoms with E-state index in [0.717, 1.165) is 19.3 Å². The molecule has 0 atom stereocenters. The van der Waals surface area contributed by atoms with Crippen molar-refractivity contribution in [2.24, 2.45) is 0 Å². The lowest BCUT2D eigenvalue weighted by Gasteiger charge is -2.00. The van der Waals surface area contributed by atoms with E-state index >= 15 is 0 Å². The van der Waals surface area contributed by atoms with Gasteiger partial charge in [-0.05, 0) is 35.7 Å². The molecule has 13 heavy (non-hydrogen) atoms. The maximum Gasteiger partial charge on any atom is 0.305 e. The van der Waals surface area contributed by atoms with Gasteiger partial charge in [-0.15, -0.1) is 0 Å². The van der Waals surface area contributed by atoms with Gasteiger partial charge in [-0.3, -0.25) is 9.59 Å². The molecule has 0 bridgehead atoms. The van der Waals surface area contributed by atoms with Gasteiger partial charge >= 0.3 is 5.97 Å². The quantitative estimate of drug-likeness (QED) is 0.396. The van der Waals surface area contributed by atoms with Crippen molar-refractivity contribution in [2.45, 2.75) is 39.0 Å². The van der Waals surface area contributed by atoms with E-state index in [1.807, 2.05) is 0 Å². The Labute approximate surface area is 87.0 Å². The number of ether oxygens (including phenoxy) is 1. The van der Waals surface area contributed by atoms with E-state index in [2.05, 4.69) is 15.9 Å². The molecule has 0 aromatic heterocycles. The summed E-state index contributed by atoms with van der Waals surface area (Å²) >= 11 is 2.85. The summed E-state index contributed by atoms with van der Waals surface area (Å²) in [7, 11) is 0. The number of carbonyl (C=O) groups excluding carboxylic acids is 2. The Hall–Kier alpha value is -0.380. The molecule has 3 nitrogen and oxygen atoms in total. The van der Waals surface area contributed by atoms with Crippen molar-refractivity contribution in [3.8, 4) is 0 Å². The van der Waals surface area contributed by atoms with Gasteiger partial charge in [-0.25, -0.2) is 0 Å². The minimum atomic E-state index is -0.146. The van der Waals surface area contributed by atoms with Crippen LogP contribution in [0.2, 0.25) is 0 Å². The van der Waals surface area contributed by atoms with Gasteiger partial charge in [0.1, 0.15) is 0 Å². The number of unbranched alkanes of at least 4 members (excludes halogenated alkanes) is 2. The second-order valence-corrected chi connectivity index (χ2v) is 3.61. The van der Waals surface area contributed by atoms with E-state index in [1.54, 1.807) is 6.92 Å². The molecular weight excluding hydrogens is 236 g/mol. The van der Waals surface area contributed by atoms with Crippen LogP contribution >= 0.6 is 15.9 Å². The summed E-state index contributed by atoms with van der Waals surface area (Å²) < 4.78 is 4.79. The second-order valence-electron chi connectivity index (χ2n) is 2.72. The predicted octanol–water partition coefficient (Wildman–Crippen LogP) is 2.42. The monoisotopic (exact) mass is 250 g/mol. The highest BCUT2D eigenvalue weighted by molar-refractivity contribution is 9.18. The molecule has 0 unspecified atom stereocenters. The third-order valence-corrected chi connectivity index (χ3v) is 1.96. The molecule has 0 fully saturated rings. The van der Waals surface area contributed by atoms with Crippen molar-refractivity contribution in [3.63, 3.8) is 0 Å². The van der Waals surface area contributed by atoms with E-state index in [0.29, 0.717) is 19.4 Å². The highest BCUT2D eigenvalue weighted by Crippen LogP contribution is 2.06. The summed E-state index contributed by atoms with van der Waals surface area (Å²) in [6, 6.07) is 0. The van der Waals surface area contributed by atoms with Gasteiger partial charge < -0.3 is 4.74 Å². The number of esters is 1. The second kappa shape index (κ2) is 8.23. The number of halogens is 1. The van der Waals surface area contributed by atoms with Crippen molar-refractivity contribution in [3.05, 3.63) is 0 Å². The Balaban J connectivity index is 3.16. The van der Waals surface area contributed by atoms with Crippen molar-refractivity contribution in [2.75, 3.05) is 6.61 Å². The molecule has 0 heterocycles. The molecule has 0 saturated carbocycles. The molecule has 4 heteroatoms. The molecule has 76 valence electrons. The molecule has 0 aliphatic carbocycles. The number of hydrogen-bond donors (Lipinski definition) is 0. The highest BCUT2D eigenvalue weighted by atomic mass is 79.9. The first-order valence-corrected chi connectivity index (χ1v) is 5.30. The maximum atomic E-state index is 10.8. The Morgan fingerprint density at radius 1 is 1.15 bits per heavy atom. The zero-order valence-electron chi connectivity index (χ0n) is 7.85. The van der Waals surface area contributed by atoms with Gasteiger partial charge in [0.25, 0.3) is 0 Å². The zero-order chi connectivity index (χ0) is 10.1. The molecule has 0 aliphatic rings. The third kappa shape index (κ3) is 9.53. The molecule has 0 amide bonds. The highest BCUT2D eigenvalue weighted by Gasteiger charge is 2.01. The average molecular weight is 251 g/mol. The molecule has 0 aromatic rings. The van der Waals surface area contributed by atoms with E-state index in [-0.39, 0.29) is 10.7 Å². The van der Waals surface area contributed by atoms with E-state index in [9.17, 15) is 9.59 Å². The summed E-state index contributed by atoms with van der Waals surface area (Å²) in [5.41, 5.74) is 0. The van der Waals surface area contributed by atoms with Gasteiger partial charge in [0.05, 0.1) is 6.61 Å². The summed E-state index contributed by atoms with van der Waals surface area (Å²) in [5.74, 6) is -0.146. The summed E-state index contributed by atoms with van der Waals surface area (Å²) in [4.78, 5) is 21.3. The van der Waals surface area contributed by atoms with Crippen LogP contribution in [0.5, 0.6) is 0 Å². The summed E-state index contributed by atoms with van der Waals surface area (Å²) in [6.45, 7) is 2.24. The first-order valence-electron chi connectivity index (χ1n) is 4.50. The van der Waals surface area contributed by atoms with Crippen molar-refractivity contribution in [1.82, 2.24) is 0 Å². The van der Waals surface area contributed by atoms with Gasteiger partial charge in [0.15, 0.2) is 4.69 Å². The number of hydrogen-bond acceptors (Lipinski definition) is 3. The SMILES string of the molecule is CCOC(=O)CCCCCC(=O)Br. The van der Waals surface area contributed by atoms with Crippen LogP contribution in [-0.4, -0.2) is 17.3 Å². The van der Waals surface area contributed by atoms with Crippen LogP contribution in [0, 0.1) is 0 Å². The minimum Gasteiger partial charge on any atom is -0.466 e. The van der Waals surface area contributed by atoms with Crippen LogP contribution in [-0.2, 0) is 14.3 Å². The first-order chi connectivity index (χ1) is 6.16. The summed E-state index contributed by atoms with van der Waals surface area (Å²) in [6.07, 6.45) is 3.55. The molecule has 0 radical (unpaired) electrons. The fourth-order valence-electron chi connectivity index (χ4n) is 0.943. The van der Waals surface area contributed by atoms with Crippen molar-refractivity contribution < 1.29 is 14.3 Å². The molecule has 0 aliphatic heterocycles. The van der Waals surface area contributed by atoms with Gasteiger partial charge in [-0.1, -0.05) is 6.42 Å². The lowest BCUT2D eigenvalue weighted by atomic mass is 10.1. The fourth-order valence-corrected chi connectivity index (χ4v) is 1.22. The van der Waals surface area contributed by atoms with Gasteiger partial charge in [0.2, 0.25) is 0 Å². The van der Waals surface area contributed by atoms with E-state index in [1.165, 1.54) is 0 Å². The van der Waals surface area contributed by atoms with Crippen LogP contribution < -0.4 is 0 Å². The van der Waals surface area contributed by atoms with Crippen LogP contribution in [0.1, 0.15) is 39.0 Å². The molecule has 0 N–H and O–H groups in total. The largest absolute Gasteiger partial charge is 0.466 e. The number of carbonyl (C=O) groups is 2. The zero-order valence-corrected chi connectivity index (χ0v) is 9.43. The lowest BCUT2D eigenvalue weighted by molar-refractivity contribution is -0.143. The molecular formula is C9H15BrO3. The minimum absolute atomic E-state index is 0.0311. The third-order valence-electron chi connectivity index (χ3n) is 1.56. The van der Waals surface area contributed by atoms with Crippen molar-refractivity contribution in [1.29, 1.82) is 0 Å². The fraction of sp³-hybridized carbons (Fsp3) is 0.778. The maximum absolute atomic E-state index is 10.8. The van der Waals surface area contributed by atoms with Crippen LogP contribution in [0.25, 0.3) is 0 Å². The Kier molecular flexibility index (Phi) is 7.99. The topological polar surface area (TPSA) is 43.4 Å². The Morgan fingerprint density at radius 3 is 2.31 bits per heavy atom. The predicted molar refractivity (Wildman–Crippen MR) is 53.7 cm³/mol. The average Bonchev–Trinajstić information content (AvgIpc) is 2.03. The molecule has 0 saturated heterocycles. The Morgan fingerprint density at radius 2 is 1.77 bits per heavy atom. The van der Waals surface area contributed by atoms with Crippen LogP contribution in [0.3, 0.4) is 0 Å². The van der Waals surface area contributed by atoms with Crippen LogP contribution in [0.15, 0.2) is 0 Å². The molecule has 0 spiro atoms.